The number of piperazine rings is 1. The first kappa shape index (κ1) is 23.7. The lowest BCUT2D eigenvalue weighted by Gasteiger charge is -2.35. The molecule has 0 aromatic carbocycles. The van der Waals surface area contributed by atoms with E-state index in [1.165, 1.54) is 13.1 Å². The fourth-order valence-corrected chi connectivity index (χ4v) is 3.45. The first-order chi connectivity index (χ1) is 12.9. The number of carbonyl (C=O) groups is 1. The quantitative estimate of drug-likeness (QED) is 0.452. The molecule has 1 aliphatic rings. The molecule has 1 fully saturated rings. The minimum Gasteiger partial charge on any atom is -0.357 e. The van der Waals surface area contributed by atoms with Crippen LogP contribution in [0.2, 0.25) is 0 Å². The predicted molar refractivity (Wildman–Crippen MR) is 114 cm³/mol. The fraction of sp³-hybridized carbons (Fsp3) is 0.900. The average molecular weight is 383 g/mol. The Bertz CT molecular complexity index is 444. The lowest BCUT2D eigenvalue weighted by Crippen LogP contribution is -2.47. The van der Waals surface area contributed by atoms with Crippen LogP contribution >= 0.6 is 0 Å². The Kier molecular flexibility index (Phi) is 11.4. The van der Waals surface area contributed by atoms with Crippen molar-refractivity contribution < 1.29 is 4.79 Å². The van der Waals surface area contributed by atoms with Crippen LogP contribution in [0.5, 0.6) is 0 Å². The zero-order valence-electron chi connectivity index (χ0n) is 18.5. The lowest BCUT2D eigenvalue weighted by molar-refractivity contribution is -0.131. The van der Waals surface area contributed by atoms with Crippen molar-refractivity contribution in [3.05, 3.63) is 0 Å². The van der Waals surface area contributed by atoms with Gasteiger partial charge in [0.25, 0.3) is 0 Å². The molecule has 1 amide bonds. The Balaban J connectivity index is 2.52. The van der Waals surface area contributed by atoms with Gasteiger partial charge in [-0.05, 0) is 33.2 Å². The molecule has 0 saturated carbocycles. The smallest absolute Gasteiger partial charge is 0.242 e. The third-order valence-electron chi connectivity index (χ3n) is 5.22. The molecule has 7 heteroatoms. The van der Waals surface area contributed by atoms with E-state index in [0.717, 1.165) is 58.3 Å². The maximum atomic E-state index is 12.4. The normalized spacial score (nSPS) is 17.6. The average Bonchev–Trinajstić information content (AvgIpc) is 2.66. The van der Waals surface area contributed by atoms with E-state index in [-0.39, 0.29) is 5.91 Å². The summed E-state index contributed by atoms with van der Waals surface area (Å²) >= 11 is 0. The molecule has 27 heavy (non-hydrogen) atoms. The summed E-state index contributed by atoms with van der Waals surface area (Å²) in [7, 11) is 1.94. The van der Waals surface area contributed by atoms with Crippen LogP contribution in [0, 0.1) is 5.92 Å². The van der Waals surface area contributed by atoms with Crippen LogP contribution in [0.25, 0.3) is 0 Å². The predicted octanol–water partition coefficient (Wildman–Crippen LogP) is 1.03. The van der Waals surface area contributed by atoms with Crippen molar-refractivity contribution in [2.45, 2.75) is 34.6 Å². The number of aliphatic imine (C=N–C) groups is 1. The molecule has 0 aromatic rings. The van der Waals surface area contributed by atoms with Crippen LogP contribution in [-0.4, -0.2) is 111 Å². The van der Waals surface area contributed by atoms with Crippen LogP contribution in [0.4, 0.5) is 0 Å². The molecule has 0 radical (unpaired) electrons. The van der Waals surface area contributed by atoms with Gasteiger partial charge in [-0.3, -0.25) is 9.79 Å². The summed E-state index contributed by atoms with van der Waals surface area (Å²) in [5, 5.41) is 3.32. The van der Waals surface area contributed by atoms with E-state index in [9.17, 15) is 4.79 Å². The fourth-order valence-electron chi connectivity index (χ4n) is 3.45. The second kappa shape index (κ2) is 12.9. The molecule has 1 aliphatic heterocycles. The van der Waals surface area contributed by atoms with Crippen molar-refractivity contribution >= 4 is 11.9 Å². The van der Waals surface area contributed by atoms with Crippen LogP contribution < -0.4 is 5.32 Å². The van der Waals surface area contributed by atoms with Crippen molar-refractivity contribution in [2.75, 3.05) is 79.0 Å². The first-order valence-corrected chi connectivity index (χ1v) is 10.7. The highest BCUT2D eigenvalue weighted by Gasteiger charge is 2.18. The standard InChI is InChI=1S/C20H42N6O/c1-7-21-20(23(6)17-19(27)26(9-3)10-4)22-15-18(5)16-25-13-11-24(8-2)12-14-25/h18H,7-17H2,1-6H3,(H,21,22). The van der Waals surface area contributed by atoms with E-state index in [1.807, 2.05) is 30.7 Å². The van der Waals surface area contributed by atoms with Crippen molar-refractivity contribution in [3.8, 4) is 0 Å². The number of hydrogen-bond acceptors (Lipinski definition) is 4. The van der Waals surface area contributed by atoms with Crippen LogP contribution in [-0.2, 0) is 4.79 Å². The molecule has 1 N–H and O–H groups in total. The largest absolute Gasteiger partial charge is 0.357 e. The summed E-state index contributed by atoms with van der Waals surface area (Å²) < 4.78 is 0. The zero-order chi connectivity index (χ0) is 20.2. The second-order valence-corrected chi connectivity index (χ2v) is 7.46. The van der Waals surface area contributed by atoms with Crippen LogP contribution in [0.15, 0.2) is 4.99 Å². The number of nitrogens with zero attached hydrogens (tertiary/aromatic N) is 5. The Morgan fingerprint density at radius 2 is 1.67 bits per heavy atom. The van der Waals surface area contributed by atoms with Crippen molar-refractivity contribution in [1.29, 1.82) is 0 Å². The molecule has 0 aromatic heterocycles. The highest BCUT2D eigenvalue weighted by atomic mass is 16.2. The van der Waals surface area contributed by atoms with E-state index >= 15 is 0 Å². The molecule has 1 unspecified atom stereocenters. The number of hydrogen-bond donors (Lipinski definition) is 1. The van der Waals surface area contributed by atoms with E-state index in [2.05, 4.69) is 35.9 Å². The molecular weight excluding hydrogens is 340 g/mol. The van der Waals surface area contributed by atoms with Gasteiger partial charge in [0, 0.05) is 66.0 Å². The van der Waals surface area contributed by atoms with Crippen LogP contribution in [0.1, 0.15) is 34.6 Å². The van der Waals surface area contributed by atoms with Crippen molar-refractivity contribution in [2.24, 2.45) is 10.9 Å². The van der Waals surface area contributed by atoms with Crippen molar-refractivity contribution in [3.63, 3.8) is 0 Å². The van der Waals surface area contributed by atoms with Gasteiger partial charge in [0.15, 0.2) is 5.96 Å². The summed E-state index contributed by atoms with van der Waals surface area (Å²) in [6.45, 7) is 20.9. The van der Waals surface area contributed by atoms with Gasteiger partial charge in [-0.1, -0.05) is 13.8 Å². The molecule has 0 spiro atoms. The topological polar surface area (TPSA) is 54.4 Å². The Morgan fingerprint density at radius 1 is 1.07 bits per heavy atom. The summed E-state index contributed by atoms with van der Waals surface area (Å²) in [4.78, 5) is 26.0. The number of rotatable bonds is 10. The van der Waals surface area contributed by atoms with E-state index in [1.54, 1.807) is 0 Å². The second-order valence-electron chi connectivity index (χ2n) is 7.46. The van der Waals surface area contributed by atoms with Gasteiger partial charge in [0.1, 0.15) is 0 Å². The highest BCUT2D eigenvalue weighted by Crippen LogP contribution is 2.06. The summed E-state index contributed by atoms with van der Waals surface area (Å²) in [5.41, 5.74) is 0. The lowest BCUT2D eigenvalue weighted by atomic mass is 10.1. The number of likely N-dealkylation sites (N-methyl/N-ethyl adjacent to an activating group) is 3. The molecule has 1 saturated heterocycles. The number of nitrogens with one attached hydrogen (secondary N) is 1. The number of carbonyl (C=O) groups excluding carboxylic acids is 1. The minimum atomic E-state index is 0.148. The summed E-state index contributed by atoms with van der Waals surface area (Å²) in [5.74, 6) is 1.47. The SMILES string of the molecule is CCNC(=NCC(C)CN1CCN(CC)CC1)N(C)CC(=O)N(CC)CC. The molecule has 158 valence electrons. The molecule has 0 bridgehead atoms. The molecule has 1 atom stereocenters. The number of guanidine groups is 1. The number of amides is 1. The van der Waals surface area contributed by atoms with Gasteiger partial charge in [0.05, 0.1) is 6.54 Å². The maximum Gasteiger partial charge on any atom is 0.242 e. The first-order valence-electron chi connectivity index (χ1n) is 10.7. The van der Waals surface area contributed by atoms with Gasteiger partial charge in [-0.15, -0.1) is 0 Å². The molecule has 1 rings (SSSR count). The third-order valence-corrected chi connectivity index (χ3v) is 5.22. The van der Waals surface area contributed by atoms with Gasteiger partial charge in [0.2, 0.25) is 5.91 Å². The summed E-state index contributed by atoms with van der Waals surface area (Å²) in [6.07, 6.45) is 0. The minimum absolute atomic E-state index is 0.148. The van der Waals surface area contributed by atoms with Gasteiger partial charge in [-0.25, -0.2) is 0 Å². The molecule has 0 aliphatic carbocycles. The van der Waals surface area contributed by atoms with E-state index in [4.69, 9.17) is 4.99 Å². The van der Waals surface area contributed by atoms with Gasteiger partial charge < -0.3 is 24.9 Å². The van der Waals surface area contributed by atoms with Gasteiger partial charge in [-0.2, -0.15) is 0 Å². The van der Waals surface area contributed by atoms with E-state index < -0.39 is 0 Å². The summed E-state index contributed by atoms with van der Waals surface area (Å²) in [6, 6.07) is 0. The Labute approximate surface area is 166 Å². The van der Waals surface area contributed by atoms with Gasteiger partial charge >= 0.3 is 0 Å². The molecule has 7 nitrogen and oxygen atoms in total. The maximum absolute atomic E-state index is 12.4. The zero-order valence-corrected chi connectivity index (χ0v) is 18.5. The van der Waals surface area contributed by atoms with Crippen LogP contribution in [0.3, 0.4) is 0 Å². The Morgan fingerprint density at radius 3 is 2.19 bits per heavy atom. The Hall–Kier alpha value is -1.34. The third kappa shape index (κ3) is 8.47. The van der Waals surface area contributed by atoms with E-state index in [0.29, 0.717) is 12.5 Å². The molecule has 1 heterocycles. The van der Waals surface area contributed by atoms with Crippen molar-refractivity contribution in [1.82, 2.24) is 24.9 Å². The molecular formula is C20H42N6O. The highest BCUT2D eigenvalue weighted by molar-refractivity contribution is 5.86. The monoisotopic (exact) mass is 382 g/mol.